The fourth-order valence-electron chi connectivity index (χ4n) is 4.23. The van der Waals surface area contributed by atoms with E-state index in [0.717, 1.165) is 34.0 Å². The van der Waals surface area contributed by atoms with Crippen molar-refractivity contribution in [1.82, 2.24) is 20.5 Å². The van der Waals surface area contributed by atoms with Gasteiger partial charge in [0.2, 0.25) is 5.91 Å². The molecule has 3 N–H and O–H groups in total. The number of nitrogens with zero attached hydrogens (tertiary/aromatic N) is 1. The minimum Gasteiger partial charge on any atom is -0.491 e. The smallest absolute Gasteiger partial charge is 0.263 e. The third kappa shape index (κ3) is 4.84. The molecular weight excluding hydrogens is 462 g/mol. The van der Waals surface area contributed by atoms with E-state index < -0.39 is 6.43 Å². The van der Waals surface area contributed by atoms with E-state index in [0.29, 0.717) is 23.5 Å². The van der Waals surface area contributed by atoms with Gasteiger partial charge >= 0.3 is 0 Å². The van der Waals surface area contributed by atoms with Gasteiger partial charge in [-0.15, -0.1) is 0 Å². The first-order valence-corrected chi connectivity index (χ1v) is 11.5. The summed E-state index contributed by atoms with van der Waals surface area (Å²) < 4.78 is 32.3. The molecule has 0 radical (unpaired) electrons. The van der Waals surface area contributed by atoms with Gasteiger partial charge in [0.1, 0.15) is 18.1 Å². The Bertz CT molecular complexity index is 1540. The Balaban J connectivity index is 1.51. The number of rotatable bonds is 9. The Morgan fingerprint density at radius 2 is 1.86 bits per heavy atom. The van der Waals surface area contributed by atoms with E-state index in [1.54, 1.807) is 6.07 Å². The minimum atomic E-state index is -2.55. The number of hydrogen-bond acceptors (Lipinski definition) is 3. The molecule has 5 aromatic rings. The summed E-state index contributed by atoms with van der Waals surface area (Å²) in [7, 11) is 0. The van der Waals surface area contributed by atoms with Crippen molar-refractivity contribution in [2.24, 2.45) is 0 Å². The second kappa shape index (κ2) is 10.0. The molecule has 0 unspecified atom stereocenters. The molecule has 2 heterocycles. The van der Waals surface area contributed by atoms with Crippen LogP contribution in [0.5, 0.6) is 5.75 Å². The molecule has 6 nitrogen and oxygen atoms in total. The maximum absolute atomic E-state index is 13.1. The number of alkyl halides is 2. The number of halogens is 2. The lowest BCUT2D eigenvalue weighted by molar-refractivity contribution is -0.116. The molecule has 36 heavy (non-hydrogen) atoms. The number of amides is 1. The summed E-state index contributed by atoms with van der Waals surface area (Å²) in [5, 5.41) is 11.6. The number of fused-ring (bicyclic) bond motifs is 2. The number of ether oxygens (including phenoxy) is 1. The van der Waals surface area contributed by atoms with E-state index >= 15 is 0 Å². The zero-order valence-corrected chi connectivity index (χ0v) is 19.4. The normalized spacial score (nSPS) is 11.3. The number of carbonyl (C=O) groups excluding carboxylic acids is 1. The van der Waals surface area contributed by atoms with Crippen LogP contribution in [0.1, 0.15) is 23.1 Å². The quantitative estimate of drug-likeness (QED) is 0.179. The van der Waals surface area contributed by atoms with Crippen molar-refractivity contribution in [3.63, 3.8) is 0 Å². The molecule has 0 aliphatic heterocycles. The summed E-state index contributed by atoms with van der Waals surface area (Å²) >= 11 is 0. The predicted octanol–water partition coefficient (Wildman–Crippen LogP) is 5.92. The lowest BCUT2D eigenvalue weighted by Gasteiger charge is -2.11. The Labute approximate surface area is 206 Å². The molecule has 0 bridgehead atoms. The van der Waals surface area contributed by atoms with Crippen LogP contribution in [0.15, 0.2) is 79.4 Å². The predicted molar refractivity (Wildman–Crippen MR) is 136 cm³/mol. The zero-order valence-electron chi connectivity index (χ0n) is 19.4. The summed E-state index contributed by atoms with van der Waals surface area (Å²) in [6.07, 6.45) is -0.611. The highest BCUT2D eigenvalue weighted by Crippen LogP contribution is 2.35. The fourth-order valence-corrected chi connectivity index (χ4v) is 4.23. The van der Waals surface area contributed by atoms with E-state index in [4.69, 9.17) is 4.74 Å². The molecule has 0 fully saturated rings. The van der Waals surface area contributed by atoms with Crippen molar-refractivity contribution in [3.8, 4) is 17.1 Å². The van der Waals surface area contributed by atoms with Crippen LogP contribution in [0.3, 0.4) is 0 Å². The molecule has 0 spiro atoms. The first-order chi connectivity index (χ1) is 17.5. The van der Waals surface area contributed by atoms with Crippen LogP contribution in [-0.4, -0.2) is 34.2 Å². The van der Waals surface area contributed by atoms with E-state index in [-0.39, 0.29) is 18.1 Å². The monoisotopic (exact) mass is 486 g/mol. The molecule has 182 valence electrons. The van der Waals surface area contributed by atoms with E-state index in [1.165, 1.54) is 23.8 Å². The van der Waals surface area contributed by atoms with Gasteiger partial charge in [0.25, 0.3) is 6.43 Å². The van der Waals surface area contributed by atoms with Crippen LogP contribution in [0.2, 0.25) is 0 Å². The number of aromatic amines is 2. The third-order valence-electron chi connectivity index (χ3n) is 5.95. The van der Waals surface area contributed by atoms with E-state index in [2.05, 4.69) is 45.3 Å². The maximum atomic E-state index is 13.1. The van der Waals surface area contributed by atoms with Crippen LogP contribution in [0, 0.1) is 0 Å². The zero-order chi connectivity index (χ0) is 25.1. The second-order valence-electron chi connectivity index (χ2n) is 8.42. The van der Waals surface area contributed by atoms with Gasteiger partial charge in [-0.25, -0.2) is 8.78 Å². The van der Waals surface area contributed by atoms with Gasteiger partial charge in [-0.05, 0) is 47.9 Å². The Hall–Kier alpha value is -4.46. The van der Waals surface area contributed by atoms with Crippen LogP contribution < -0.4 is 10.1 Å². The third-order valence-corrected chi connectivity index (χ3v) is 5.95. The molecule has 0 atom stereocenters. The highest BCUT2D eigenvalue weighted by molar-refractivity contribution is 5.97. The number of hydrogen-bond donors (Lipinski definition) is 3. The van der Waals surface area contributed by atoms with Gasteiger partial charge in [0, 0.05) is 21.9 Å². The molecular formula is C28H24F2N4O2. The van der Waals surface area contributed by atoms with Crippen molar-refractivity contribution in [2.45, 2.75) is 12.8 Å². The first kappa shape index (κ1) is 23.3. The molecule has 3 aromatic carbocycles. The molecule has 0 aliphatic rings. The average molecular weight is 487 g/mol. The van der Waals surface area contributed by atoms with Gasteiger partial charge in [-0.3, -0.25) is 9.89 Å². The van der Waals surface area contributed by atoms with Crippen LogP contribution >= 0.6 is 0 Å². The molecule has 8 heteroatoms. The van der Waals surface area contributed by atoms with Crippen molar-refractivity contribution in [3.05, 3.63) is 96.1 Å². The van der Waals surface area contributed by atoms with Crippen molar-refractivity contribution >= 4 is 27.7 Å². The fraction of sp³-hybridized carbons (Fsp3) is 0.143. The molecule has 5 rings (SSSR count). The van der Waals surface area contributed by atoms with Crippen LogP contribution in [0.25, 0.3) is 33.2 Å². The number of H-pyrrole nitrogens is 2. The van der Waals surface area contributed by atoms with Gasteiger partial charge in [-0.2, -0.15) is 5.10 Å². The van der Waals surface area contributed by atoms with Gasteiger partial charge < -0.3 is 15.0 Å². The van der Waals surface area contributed by atoms with Crippen molar-refractivity contribution < 1.29 is 18.3 Å². The molecule has 0 saturated heterocycles. The topological polar surface area (TPSA) is 82.8 Å². The van der Waals surface area contributed by atoms with Gasteiger partial charge in [0.05, 0.1) is 17.8 Å². The number of aromatic nitrogens is 3. The van der Waals surface area contributed by atoms with E-state index in [1.807, 2.05) is 30.3 Å². The highest BCUT2D eigenvalue weighted by Gasteiger charge is 2.16. The number of carbonyl (C=O) groups is 1. The van der Waals surface area contributed by atoms with E-state index in [9.17, 15) is 13.6 Å². The molecule has 2 aromatic heterocycles. The van der Waals surface area contributed by atoms with Crippen LogP contribution in [-0.2, 0) is 11.2 Å². The van der Waals surface area contributed by atoms with Crippen LogP contribution in [0.4, 0.5) is 8.78 Å². The highest BCUT2D eigenvalue weighted by atomic mass is 19.3. The number of nitrogens with one attached hydrogen (secondary N) is 3. The Kier molecular flexibility index (Phi) is 6.49. The maximum Gasteiger partial charge on any atom is 0.263 e. The second-order valence-corrected chi connectivity index (χ2v) is 8.42. The van der Waals surface area contributed by atoms with Gasteiger partial charge in [-0.1, -0.05) is 49.0 Å². The number of benzene rings is 3. The van der Waals surface area contributed by atoms with Crippen molar-refractivity contribution in [1.29, 1.82) is 0 Å². The van der Waals surface area contributed by atoms with Gasteiger partial charge in [0.15, 0.2) is 0 Å². The summed E-state index contributed by atoms with van der Waals surface area (Å²) in [4.78, 5) is 14.9. The summed E-state index contributed by atoms with van der Waals surface area (Å²) in [6.45, 7) is 4.07. The Morgan fingerprint density at radius 1 is 1.03 bits per heavy atom. The average Bonchev–Trinajstić information content (AvgIpc) is 3.50. The summed E-state index contributed by atoms with van der Waals surface area (Å²) in [5.74, 6) is 0.416. The molecule has 0 aliphatic carbocycles. The lowest BCUT2D eigenvalue weighted by Crippen LogP contribution is -2.26. The Morgan fingerprint density at radius 3 is 2.64 bits per heavy atom. The lowest BCUT2D eigenvalue weighted by atomic mass is 10.0. The summed E-state index contributed by atoms with van der Waals surface area (Å²) in [6, 6.07) is 20.6. The first-order valence-electron chi connectivity index (χ1n) is 11.5. The minimum absolute atomic E-state index is 0.0564. The largest absolute Gasteiger partial charge is 0.491 e. The summed E-state index contributed by atoms with van der Waals surface area (Å²) in [5.41, 5.74) is 4.95. The van der Waals surface area contributed by atoms with Crippen molar-refractivity contribution in [2.75, 3.05) is 13.2 Å². The molecule has 1 amide bonds. The molecule has 0 saturated carbocycles. The SMILES string of the molecule is C=CC(=O)NCCOc1cc(Cc2ccccc2)cc2[nH]c(-c3n[nH]c4cc(C(F)F)ccc34)cc12. The standard InChI is InChI=1S/C28H24F2N4O2/c1-2-26(35)31-10-11-36-25-14-18(12-17-6-4-3-5-7-17)13-22-21(25)16-24(32-22)27-20-9-8-19(28(29)30)15-23(20)33-34-27/h2-9,13-16,28,32H,1,10-12H2,(H,31,35)(H,33,34).